The number of hydrogen-bond acceptors (Lipinski definition) is 2. The number of phenols is 1. The van der Waals surface area contributed by atoms with Gasteiger partial charge in [0.1, 0.15) is 0 Å². The molecule has 0 aromatic heterocycles. The summed E-state index contributed by atoms with van der Waals surface area (Å²) in [6.07, 6.45) is 1.36. The van der Waals surface area contributed by atoms with E-state index < -0.39 is 11.4 Å². The molecule has 1 aromatic carbocycles. The van der Waals surface area contributed by atoms with Crippen LogP contribution in [-0.4, -0.2) is 10.2 Å². The summed E-state index contributed by atoms with van der Waals surface area (Å²) >= 11 is 0. The molecule has 1 aliphatic rings. The Morgan fingerprint density at radius 3 is 2.54 bits per heavy atom. The number of aryl methyl sites for hydroxylation is 1. The van der Waals surface area contributed by atoms with Crippen LogP contribution in [0.2, 0.25) is 0 Å². The van der Waals surface area contributed by atoms with Crippen LogP contribution in [0, 0.1) is 12.7 Å². The van der Waals surface area contributed by atoms with Crippen LogP contribution in [-0.2, 0) is 5.60 Å². The summed E-state index contributed by atoms with van der Waals surface area (Å²) in [7, 11) is 0. The molecule has 1 aromatic rings. The average Bonchev–Trinajstić information content (AvgIpc) is 2.77. The van der Waals surface area contributed by atoms with Gasteiger partial charge in [0.2, 0.25) is 0 Å². The van der Waals surface area contributed by atoms with Gasteiger partial charge in [0.15, 0.2) is 11.6 Å². The lowest BCUT2D eigenvalue weighted by Gasteiger charge is -2.12. The van der Waals surface area contributed by atoms with Crippen molar-refractivity contribution in [2.75, 3.05) is 0 Å². The van der Waals surface area contributed by atoms with Crippen LogP contribution < -0.4 is 0 Å². The molecule has 0 radical (unpaired) electrons. The van der Waals surface area contributed by atoms with E-state index in [2.05, 4.69) is 0 Å². The first kappa shape index (κ1) is 8.51. The Morgan fingerprint density at radius 2 is 2.00 bits per heavy atom. The quantitative estimate of drug-likeness (QED) is 0.695. The largest absolute Gasteiger partial charge is 0.505 e. The van der Waals surface area contributed by atoms with Crippen molar-refractivity contribution < 1.29 is 14.6 Å². The van der Waals surface area contributed by atoms with Gasteiger partial charge in [-0.05, 0) is 43.0 Å². The Kier molecular flexibility index (Phi) is 1.60. The number of rotatable bonds is 1. The van der Waals surface area contributed by atoms with Crippen molar-refractivity contribution in [2.24, 2.45) is 0 Å². The molecule has 0 unspecified atom stereocenters. The zero-order chi connectivity index (χ0) is 9.64. The number of hydrogen-bond donors (Lipinski definition) is 2. The first-order valence-electron chi connectivity index (χ1n) is 4.25. The summed E-state index contributed by atoms with van der Waals surface area (Å²) in [4.78, 5) is 0. The van der Waals surface area contributed by atoms with Gasteiger partial charge in [-0.1, -0.05) is 0 Å². The molecule has 1 aliphatic carbocycles. The van der Waals surface area contributed by atoms with Gasteiger partial charge in [0, 0.05) is 0 Å². The first-order valence-corrected chi connectivity index (χ1v) is 4.25. The third-order valence-corrected chi connectivity index (χ3v) is 2.52. The molecule has 0 amide bonds. The smallest absolute Gasteiger partial charge is 0.165 e. The van der Waals surface area contributed by atoms with E-state index in [1.807, 2.05) is 0 Å². The maximum Gasteiger partial charge on any atom is 0.165 e. The van der Waals surface area contributed by atoms with Crippen molar-refractivity contribution >= 4 is 0 Å². The lowest BCUT2D eigenvalue weighted by Crippen LogP contribution is -2.07. The lowest BCUT2D eigenvalue weighted by atomic mass is 10.0. The van der Waals surface area contributed by atoms with Crippen molar-refractivity contribution in [2.45, 2.75) is 25.4 Å². The van der Waals surface area contributed by atoms with Gasteiger partial charge < -0.3 is 10.2 Å². The zero-order valence-corrected chi connectivity index (χ0v) is 7.34. The van der Waals surface area contributed by atoms with E-state index in [0.717, 1.165) is 5.56 Å². The second-order valence-corrected chi connectivity index (χ2v) is 3.65. The van der Waals surface area contributed by atoms with Crippen LogP contribution in [0.25, 0.3) is 0 Å². The predicted octanol–water partition coefficient (Wildman–Crippen LogP) is 1.82. The Bertz CT molecular complexity index is 356. The minimum atomic E-state index is -0.835. The van der Waals surface area contributed by atoms with Gasteiger partial charge in [-0.15, -0.1) is 0 Å². The molecule has 0 aliphatic heterocycles. The molecule has 0 saturated heterocycles. The minimum absolute atomic E-state index is 0.356. The molecular formula is C10H11FO2. The summed E-state index contributed by atoms with van der Waals surface area (Å²) in [5.74, 6) is -1.02. The molecular weight excluding hydrogens is 171 g/mol. The van der Waals surface area contributed by atoms with Crippen molar-refractivity contribution in [1.82, 2.24) is 0 Å². The van der Waals surface area contributed by atoms with E-state index in [1.165, 1.54) is 12.1 Å². The zero-order valence-electron chi connectivity index (χ0n) is 7.34. The van der Waals surface area contributed by atoms with Crippen LogP contribution in [0.15, 0.2) is 12.1 Å². The molecule has 0 atom stereocenters. The van der Waals surface area contributed by atoms with E-state index in [-0.39, 0.29) is 5.75 Å². The summed E-state index contributed by atoms with van der Waals surface area (Å²) in [5.41, 5.74) is 0.500. The Hall–Kier alpha value is -1.09. The van der Waals surface area contributed by atoms with Crippen LogP contribution in [0.5, 0.6) is 5.75 Å². The molecule has 13 heavy (non-hydrogen) atoms. The Balaban J connectivity index is 2.52. The summed E-state index contributed by atoms with van der Waals surface area (Å²) in [5, 5.41) is 18.8. The second-order valence-electron chi connectivity index (χ2n) is 3.65. The third-order valence-electron chi connectivity index (χ3n) is 2.52. The molecule has 0 spiro atoms. The fraction of sp³-hybridized carbons (Fsp3) is 0.400. The highest BCUT2D eigenvalue weighted by Gasteiger charge is 2.43. The third kappa shape index (κ3) is 1.29. The number of aromatic hydroxyl groups is 1. The van der Waals surface area contributed by atoms with Gasteiger partial charge in [-0.25, -0.2) is 4.39 Å². The number of phenolic OH excluding ortho intramolecular Hbond substituents is 1. The maximum atomic E-state index is 13.0. The Labute approximate surface area is 75.6 Å². The number of halogens is 1. The molecule has 3 heteroatoms. The van der Waals surface area contributed by atoms with E-state index in [0.29, 0.717) is 18.4 Å². The van der Waals surface area contributed by atoms with Gasteiger partial charge >= 0.3 is 0 Å². The van der Waals surface area contributed by atoms with Crippen LogP contribution >= 0.6 is 0 Å². The van der Waals surface area contributed by atoms with Crippen LogP contribution in [0.4, 0.5) is 4.39 Å². The summed E-state index contributed by atoms with van der Waals surface area (Å²) in [6.45, 7) is 1.75. The molecule has 1 saturated carbocycles. The number of aliphatic hydroxyl groups is 1. The van der Waals surface area contributed by atoms with Crippen molar-refractivity contribution in [3.05, 3.63) is 29.1 Å². The fourth-order valence-corrected chi connectivity index (χ4v) is 1.56. The van der Waals surface area contributed by atoms with E-state index >= 15 is 0 Å². The molecule has 2 N–H and O–H groups in total. The van der Waals surface area contributed by atoms with E-state index in [9.17, 15) is 9.50 Å². The molecule has 70 valence electrons. The second kappa shape index (κ2) is 2.45. The van der Waals surface area contributed by atoms with E-state index in [4.69, 9.17) is 5.11 Å². The highest BCUT2D eigenvalue weighted by atomic mass is 19.1. The number of benzene rings is 1. The average molecular weight is 182 g/mol. The van der Waals surface area contributed by atoms with Crippen LogP contribution in [0.1, 0.15) is 24.0 Å². The maximum absolute atomic E-state index is 13.0. The van der Waals surface area contributed by atoms with Gasteiger partial charge in [0.25, 0.3) is 0 Å². The SMILES string of the molecule is Cc1cc(O)c(F)cc1C1(O)CC1. The Morgan fingerprint density at radius 1 is 1.38 bits per heavy atom. The van der Waals surface area contributed by atoms with Gasteiger partial charge in [-0.3, -0.25) is 0 Å². The molecule has 2 rings (SSSR count). The van der Waals surface area contributed by atoms with Crippen molar-refractivity contribution in [3.63, 3.8) is 0 Å². The van der Waals surface area contributed by atoms with Gasteiger partial charge in [-0.2, -0.15) is 0 Å². The lowest BCUT2D eigenvalue weighted by molar-refractivity contribution is 0.150. The van der Waals surface area contributed by atoms with Crippen molar-refractivity contribution in [1.29, 1.82) is 0 Å². The van der Waals surface area contributed by atoms with Crippen LogP contribution in [0.3, 0.4) is 0 Å². The molecule has 0 bridgehead atoms. The molecule has 2 nitrogen and oxygen atoms in total. The monoisotopic (exact) mass is 182 g/mol. The fourth-order valence-electron chi connectivity index (χ4n) is 1.56. The molecule has 1 fully saturated rings. The summed E-state index contributed by atoms with van der Waals surface area (Å²) < 4.78 is 13.0. The minimum Gasteiger partial charge on any atom is -0.505 e. The standard InChI is InChI=1S/C10H11FO2/c1-6-4-9(12)8(11)5-7(6)10(13)2-3-10/h4-5,12-13H,2-3H2,1H3. The summed E-state index contributed by atoms with van der Waals surface area (Å²) in [6, 6.07) is 2.57. The topological polar surface area (TPSA) is 40.5 Å². The highest BCUT2D eigenvalue weighted by molar-refractivity contribution is 5.40. The van der Waals surface area contributed by atoms with E-state index in [1.54, 1.807) is 6.92 Å². The normalized spacial score (nSPS) is 18.7. The predicted molar refractivity (Wildman–Crippen MR) is 45.9 cm³/mol. The molecule has 0 heterocycles. The van der Waals surface area contributed by atoms with Crippen molar-refractivity contribution in [3.8, 4) is 5.75 Å². The van der Waals surface area contributed by atoms with Gasteiger partial charge in [0.05, 0.1) is 5.60 Å². The highest BCUT2D eigenvalue weighted by Crippen LogP contribution is 2.47. The first-order chi connectivity index (χ1) is 6.03.